The summed E-state index contributed by atoms with van der Waals surface area (Å²) in [5, 5.41) is 12.6. The largest absolute Gasteiger partial charge is 0.482 e. The second kappa shape index (κ2) is 9.36. The maximum Gasteiger partial charge on any atom is 0.265 e. The number of likely N-dealkylation sites (N-methyl/N-ethyl adjacent to an activating group) is 1. The third-order valence-corrected chi connectivity index (χ3v) is 5.25. The second-order valence-electron chi connectivity index (χ2n) is 7.41. The van der Waals surface area contributed by atoms with Gasteiger partial charge in [-0.1, -0.05) is 12.1 Å². The van der Waals surface area contributed by atoms with Crippen molar-refractivity contribution >= 4 is 17.5 Å². The van der Waals surface area contributed by atoms with Gasteiger partial charge in [0.1, 0.15) is 5.75 Å². The zero-order valence-electron chi connectivity index (χ0n) is 16.5. The highest BCUT2D eigenvalue weighted by atomic mass is 16.6. The van der Waals surface area contributed by atoms with Gasteiger partial charge in [0.25, 0.3) is 5.91 Å². The van der Waals surface area contributed by atoms with Crippen molar-refractivity contribution in [3.63, 3.8) is 0 Å². The molecule has 154 valence electrons. The van der Waals surface area contributed by atoms with E-state index in [0.717, 1.165) is 6.42 Å². The van der Waals surface area contributed by atoms with E-state index in [1.54, 1.807) is 4.90 Å². The molecule has 1 saturated heterocycles. The summed E-state index contributed by atoms with van der Waals surface area (Å²) in [5.74, 6) is 0.431. The van der Waals surface area contributed by atoms with E-state index in [4.69, 9.17) is 9.47 Å². The second-order valence-corrected chi connectivity index (χ2v) is 7.41. The Morgan fingerprint density at radius 2 is 2.14 bits per heavy atom. The van der Waals surface area contributed by atoms with Gasteiger partial charge in [-0.05, 0) is 32.5 Å². The van der Waals surface area contributed by atoms with Gasteiger partial charge in [0.05, 0.1) is 11.8 Å². The van der Waals surface area contributed by atoms with Gasteiger partial charge in [-0.25, -0.2) is 0 Å². The highest BCUT2D eigenvalue weighted by Gasteiger charge is 2.28. The molecule has 0 saturated carbocycles. The number of rotatable bonds is 7. The molecule has 0 aliphatic carbocycles. The lowest BCUT2D eigenvalue weighted by Crippen LogP contribution is -2.46. The standard InChI is InChI=1S/C20H29N3O5/c1-14-11-15(12-20(26)28-14)22(2)10-8-21-18(24)7-9-23-16-5-3-4-6-17(16)27-13-19(23)25/h3-6,14-15,20,26H,7-13H2,1-2H3,(H,21,24)/t14-,15+,20-/m1/s1. The fourth-order valence-electron chi connectivity index (χ4n) is 3.71. The number of hydrogen-bond donors (Lipinski definition) is 2. The first kappa shape index (κ1) is 20.6. The minimum atomic E-state index is -0.722. The quantitative estimate of drug-likeness (QED) is 0.712. The van der Waals surface area contributed by atoms with Crippen molar-refractivity contribution in [2.24, 2.45) is 0 Å². The monoisotopic (exact) mass is 391 g/mol. The number of anilines is 1. The smallest absolute Gasteiger partial charge is 0.265 e. The van der Waals surface area contributed by atoms with Crippen LogP contribution in [0.15, 0.2) is 24.3 Å². The van der Waals surface area contributed by atoms with Crippen molar-refractivity contribution in [1.29, 1.82) is 0 Å². The van der Waals surface area contributed by atoms with Crippen molar-refractivity contribution < 1.29 is 24.2 Å². The van der Waals surface area contributed by atoms with Crippen molar-refractivity contribution in [3.05, 3.63) is 24.3 Å². The van der Waals surface area contributed by atoms with Gasteiger partial charge < -0.3 is 29.7 Å². The van der Waals surface area contributed by atoms with Gasteiger partial charge >= 0.3 is 0 Å². The predicted molar refractivity (Wildman–Crippen MR) is 104 cm³/mol. The summed E-state index contributed by atoms with van der Waals surface area (Å²) in [6.07, 6.45) is 0.976. The molecule has 2 heterocycles. The number of carbonyl (C=O) groups excluding carboxylic acids is 2. The van der Waals surface area contributed by atoms with Gasteiger partial charge in [0.15, 0.2) is 12.9 Å². The highest BCUT2D eigenvalue weighted by Crippen LogP contribution is 2.31. The lowest BCUT2D eigenvalue weighted by Gasteiger charge is -2.36. The molecule has 1 aromatic carbocycles. The molecule has 1 aromatic rings. The van der Waals surface area contributed by atoms with Gasteiger partial charge in [-0.2, -0.15) is 0 Å². The number of nitrogens with zero attached hydrogens (tertiary/aromatic N) is 2. The minimum absolute atomic E-state index is 0.00119. The average molecular weight is 391 g/mol. The van der Waals surface area contributed by atoms with Crippen LogP contribution in [-0.4, -0.2) is 73.5 Å². The Morgan fingerprint density at radius 3 is 2.93 bits per heavy atom. The van der Waals surface area contributed by atoms with E-state index in [1.807, 2.05) is 38.2 Å². The summed E-state index contributed by atoms with van der Waals surface area (Å²) in [7, 11) is 1.99. The van der Waals surface area contributed by atoms with Crippen LogP contribution in [0, 0.1) is 0 Å². The Balaban J connectivity index is 1.41. The molecule has 0 aromatic heterocycles. The van der Waals surface area contributed by atoms with Crippen LogP contribution in [0.25, 0.3) is 0 Å². The topological polar surface area (TPSA) is 91.3 Å². The molecule has 0 radical (unpaired) electrons. The van der Waals surface area contributed by atoms with Crippen LogP contribution in [0.4, 0.5) is 5.69 Å². The third-order valence-electron chi connectivity index (χ3n) is 5.25. The van der Waals surface area contributed by atoms with Crippen LogP contribution >= 0.6 is 0 Å². The average Bonchev–Trinajstić information content (AvgIpc) is 2.66. The Bertz CT molecular complexity index is 688. The summed E-state index contributed by atoms with van der Waals surface area (Å²) in [6.45, 7) is 3.49. The molecule has 0 unspecified atom stereocenters. The van der Waals surface area contributed by atoms with Crippen LogP contribution in [0.3, 0.4) is 0 Å². The van der Waals surface area contributed by atoms with E-state index in [9.17, 15) is 14.7 Å². The van der Waals surface area contributed by atoms with Crippen molar-refractivity contribution in [3.8, 4) is 5.75 Å². The number of fused-ring (bicyclic) bond motifs is 1. The lowest BCUT2D eigenvalue weighted by atomic mass is 10.0. The fourth-order valence-corrected chi connectivity index (χ4v) is 3.71. The normalized spacial score (nSPS) is 24.6. The summed E-state index contributed by atoms with van der Waals surface area (Å²) >= 11 is 0. The first-order valence-corrected chi connectivity index (χ1v) is 9.76. The number of aliphatic hydroxyl groups is 1. The molecule has 8 nitrogen and oxygen atoms in total. The zero-order chi connectivity index (χ0) is 20.1. The first-order valence-electron chi connectivity index (χ1n) is 9.76. The molecule has 3 rings (SSSR count). The molecule has 3 atom stereocenters. The SMILES string of the molecule is C[C@@H]1C[C@H](N(C)CCNC(=O)CCN2C(=O)COc3ccccc32)C[C@H](O)O1. The molecule has 1 fully saturated rings. The van der Waals surface area contributed by atoms with Crippen LogP contribution in [0.5, 0.6) is 5.75 Å². The molecule has 0 bridgehead atoms. The van der Waals surface area contributed by atoms with E-state index in [-0.39, 0.29) is 37.0 Å². The molecular formula is C20H29N3O5. The highest BCUT2D eigenvalue weighted by molar-refractivity contribution is 5.98. The van der Waals surface area contributed by atoms with E-state index in [2.05, 4.69) is 10.2 Å². The zero-order valence-corrected chi connectivity index (χ0v) is 16.5. The molecule has 2 aliphatic heterocycles. The number of nitrogens with one attached hydrogen (secondary N) is 1. The van der Waals surface area contributed by atoms with Crippen LogP contribution in [0.2, 0.25) is 0 Å². The summed E-state index contributed by atoms with van der Waals surface area (Å²) in [4.78, 5) is 28.1. The number of aliphatic hydroxyl groups excluding tert-OH is 1. The van der Waals surface area contributed by atoms with Crippen LogP contribution < -0.4 is 15.0 Å². The summed E-state index contributed by atoms with van der Waals surface area (Å²) < 4.78 is 10.8. The molecule has 28 heavy (non-hydrogen) atoms. The van der Waals surface area contributed by atoms with Crippen molar-refractivity contribution in [2.45, 2.75) is 44.6 Å². The van der Waals surface area contributed by atoms with Crippen molar-refractivity contribution in [1.82, 2.24) is 10.2 Å². The third kappa shape index (κ3) is 5.21. The first-order chi connectivity index (χ1) is 13.4. The summed E-state index contributed by atoms with van der Waals surface area (Å²) in [5.41, 5.74) is 0.707. The van der Waals surface area contributed by atoms with Crippen molar-refractivity contribution in [2.75, 3.05) is 38.2 Å². The Kier molecular flexibility index (Phi) is 6.88. The molecular weight excluding hydrogens is 362 g/mol. The molecule has 2 aliphatic rings. The van der Waals surface area contributed by atoms with E-state index in [1.165, 1.54) is 0 Å². The maximum atomic E-state index is 12.2. The molecule has 0 spiro atoms. The number of para-hydroxylation sites is 2. The minimum Gasteiger partial charge on any atom is -0.482 e. The maximum absolute atomic E-state index is 12.2. The molecule has 2 amide bonds. The molecule has 2 N–H and O–H groups in total. The predicted octanol–water partition coefficient (Wildman–Crippen LogP) is 0.736. The number of carbonyl (C=O) groups is 2. The van der Waals surface area contributed by atoms with Gasteiger partial charge in [0.2, 0.25) is 5.91 Å². The van der Waals surface area contributed by atoms with Crippen LogP contribution in [0.1, 0.15) is 26.2 Å². The van der Waals surface area contributed by atoms with E-state index < -0.39 is 6.29 Å². The fraction of sp³-hybridized carbons (Fsp3) is 0.600. The Hall–Kier alpha value is -2.16. The van der Waals surface area contributed by atoms with Gasteiger partial charge in [0, 0.05) is 38.5 Å². The van der Waals surface area contributed by atoms with E-state index in [0.29, 0.717) is 37.5 Å². The Labute approximate surface area is 165 Å². The van der Waals surface area contributed by atoms with Gasteiger partial charge in [-0.15, -0.1) is 0 Å². The molecule has 8 heteroatoms. The number of benzene rings is 1. The van der Waals surface area contributed by atoms with E-state index >= 15 is 0 Å². The lowest BCUT2D eigenvalue weighted by molar-refractivity contribution is -0.173. The summed E-state index contributed by atoms with van der Waals surface area (Å²) in [6, 6.07) is 7.57. The van der Waals surface area contributed by atoms with Crippen LogP contribution in [-0.2, 0) is 14.3 Å². The Morgan fingerprint density at radius 1 is 1.36 bits per heavy atom. The number of hydrogen-bond acceptors (Lipinski definition) is 6. The number of amides is 2. The van der Waals surface area contributed by atoms with Gasteiger partial charge in [-0.3, -0.25) is 9.59 Å². The number of ether oxygens (including phenoxy) is 2.